The van der Waals surface area contributed by atoms with Crippen LogP contribution in [0.1, 0.15) is 11.1 Å². The zero-order valence-corrected chi connectivity index (χ0v) is 17.7. The summed E-state index contributed by atoms with van der Waals surface area (Å²) >= 11 is 1.54. The maximum Gasteiger partial charge on any atom is 0.242 e. The van der Waals surface area contributed by atoms with E-state index in [1.54, 1.807) is 26.2 Å². The van der Waals surface area contributed by atoms with Crippen LogP contribution in [0.25, 0.3) is 11.3 Å². The first-order valence-electron chi connectivity index (χ1n) is 8.50. The number of aromatic nitrogens is 1. The van der Waals surface area contributed by atoms with E-state index in [0.717, 1.165) is 32.9 Å². The zero-order chi connectivity index (χ0) is 19.8. The van der Waals surface area contributed by atoms with E-state index < -0.39 is 10.0 Å². The molecule has 2 aromatic carbocycles. The van der Waals surface area contributed by atoms with Crippen molar-refractivity contribution in [3.8, 4) is 11.3 Å². The molecule has 5 nitrogen and oxygen atoms in total. The number of aryl methyl sites for hydroxylation is 2. The molecule has 0 aliphatic rings. The molecule has 0 aliphatic heterocycles. The number of benzene rings is 2. The molecule has 0 fully saturated rings. The van der Waals surface area contributed by atoms with Gasteiger partial charge in [-0.2, -0.15) is 0 Å². The summed E-state index contributed by atoms with van der Waals surface area (Å²) in [7, 11) is 1.55. The second-order valence-corrected chi connectivity index (χ2v) is 9.61. The lowest BCUT2D eigenvalue weighted by Crippen LogP contribution is -2.22. The largest absolute Gasteiger partial charge is 0.320 e. The van der Waals surface area contributed by atoms with E-state index in [4.69, 9.17) is 4.99 Å². The second kappa shape index (κ2) is 7.42. The average molecular weight is 402 g/mol. The van der Waals surface area contributed by atoms with Crippen molar-refractivity contribution in [3.63, 3.8) is 0 Å². The van der Waals surface area contributed by atoms with E-state index in [0.29, 0.717) is 0 Å². The van der Waals surface area contributed by atoms with Gasteiger partial charge in [0.25, 0.3) is 0 Å². The van der Waals surface area contributed by atoms with Gasteiger partial charge in [0.1, 0.15) is 0 Å². The van der Waals surface area contributed by atoms with Crippen LogP contribution in [0.3, 0.4) is 0 Å². The molecule has 0 saturated heterocycles. The van der Waals surface area contributed by atoms with Crippen molar-refractivity contribution in [2.24, 2.45) is 12.0 Å². The summed E-state index contributed by atoms with van der Waals surface area (Å²) in [6.07, 6.45) is 0. The minimum absolute atomic E-state index is 0.289. The molecular weight excluding hydrogens is 378 g/mol. The highest BCUT2D eigenvalue weighted by atomic mass is 32.2. The van der Waals surface area contributed by atoms with Gasteiger partial charge in [0.15, 0.2) is 4.80 Å². The Morgan fingerprint density at radius 3 is 2.41 bits per heavy atom. The molecule has 0 saturated carbocycles. The molecule has 0 atom stereocenters. The van der Waals surface area contributed by atoms with Crippen LogP contribution in [-0.2, 0) is 17.1 Å². The minimum Gasteiger partial charge on any atom is -0.320 e. The zero-order valence-electron chi connectivity index (χ0n) is 16.1. The van der Waals surface area contributed by atoms with Crippen LogP contribution >= 0.6 is 11.3 Å². The predicted molar refractivity (Wildman–Crippen MR) is 111 cm³/mol. The maximum absolute atomic E-state index is 12.5. The lowest BCUT2D eigenvalue weighted by molar-refractivity contribution is 0.521. The quantitative estimate of drug-likeness (QED) is 0.667. The molecule has 0 bridgehead atoms. The lowest BCUT2D eigenvalue weighted by Gasteiger charge is -2.14. The summed E-state index contributed by atoms with van der Waals surface area (Å²) in [5.41, 5.74) is 4.90. The molecule has 3 aromatic rings. The van der Waals surface area contributed by atoms with Gasteiger partial charge in [0, 0.05) is 32.1 Å². The smallest absolute Gasteiger partial charge is 0.242 e. The molecule has 142 valence electrons. The number of hydrogen-bond donors (Lipinski definition) is 0. The van der Waals surface area contributed by atoms with E-state index in [-0.39, 0.29) is 4.90 Å². The first-order chi connectivity index (χ1) is 12.7. The summed E-state index contributed by atoms with van der Waals surface area (Å²) in [6, 6.07) is 13.2. The monoisotopic (exact) mass is 401 g/mol. The fraction of sp³-hybridized carbons (Fsp3) is 0.250. The highest BCUT2D eigenvalue weighted by Gasteiger charge is 2.19. The van der Waals surface area contributed by atoms with Crippen LogP contribution in [0.5, 0.6) is 0 Å². The molecule has 0 amide bonds. The number of sulfonamides is 1. The van der Waals surface area contributed by atoms with Gasteiger partial charge in [-0.3, -0.25) is 0 Å². The highest BCUT2D eigenvalue weighted by Crippen LogP contribution is 2.27. The molecule has 0 radical (unpaired) electrons. The van der Waals surface area contributed by atoms with Crippen LogP contribution < -0.4 is 4.80 Å². The molecule has 1 heterocycles. The number of hydrogen-bond acceptors (Lipinski definition) is 4. The van der Waals surface area contributed by atoms with E-state index in [2.05, 4.69) is 0 Å². The SMILES string of the molecule is Cc1ccccc1N=c1scc(-c2cc(S(=O)(=O)N(C)C)ccc2C)n1C. The first-order valence-corrected chi connectivity index (χ1v) is 10.8. The Morgan fingerprint density at radius 2 is 1.74 bits per heavy atom. The summed E-state index contributed by atoms with van der Waals surface area (Å²) in [6.45, 7) is 4.02. The normalized spacial score (nSPS) is 12.7. The Morgan fingerprint density at radius 1 is 1.04 bits per heavy atom. The van der Waals surface area contributed by atoms with Gasteiger partial charge in [0.2, 0.25) is 10.0 Å². The molecule has 27 heavy (non-hydrogen) atoms. The first kappa shape index (κ1) is 19.5. The number of nitrogens with zero attached hydrogens (tertiary/aromatic N) is 3. The van der Waals surface area contributed by atoms with Crippen LogP contribution in [0.4, 0.5) is 5.69 Å². The van der Waals surface area contributed by atoms with Gasteiger partial charge in [-0.15, -0.1) is 11.3 Å². The predicted octanol–water partition coefficient (Wildman–Crippen LogP) is 3.85. The third-order valence-corrected chi connectivity index (χ3v) is 7.25. The summed E-state index contributed by atoms with van der Waals surface area (Å²) in [5, 5.41) is 2.02. The van der Waals surface area contributed by atoms with E-state index >= 15 is 0 Å². The second-order valence-electron chi connectivity index (χ2n) is 6.62. The van der Waals surface area contributed by atoms with Crippen molar-refractivity contribution in [1.82, 2.24) is 8.87 Å². The fourth-order valence-electron chi connectivity index (χ4n) is 2.76. The molecule has 0 aliphatic carbocycles. The Kier molecular flexibility index (Phi) is 5.37. The van der Waals surface area contributed by atoms with Gasteiger partial charge in [-0.25, -0.2) is 17.7 Å². The molecule has 0 unspecified atom stereocenters. The van der Waals surface area contributed by atoms with Gasteiger partial charge < -0.3 is 4.57 Å². The molecule has 3 rings (SSSR count). The van der Waals surface area contributed by atoms with Crippen molar-refractivity contribution in [2.75, 3.05) is 14.1 Å². The van der Waals surface area contributed by atoms with Crippen molar-refractivity contribution in [1.29, 1.82) is 0 Å². The van der Waals surface area contributed by atoms with E-state index in [1.807, 2.05) is 61.2 Å². The van der Waals surface area contributed by atoms with Crippen molar-refractivity contribution >= 4 is 27.0 Å². The minimum atomic E-state index is -3.48. The van der Waals surface area contributed by atoms with Crippen LogP contribution in [0.15, 0.2) is 57.7 Å². The topological polar surface area (TPSA) is 54.7 Å². The third-order valence-electron chi connectivity index (χ3n) is 4.52. The van der Waals surface area contributed by atoms with Crippen molar-refractivity contribution < 1.29 is 8.42 Å². The molecular formula is C20H23N3O2S2. The van der Waals surface area contributed by atoms with Crippen molar-refractivity contribution in [3.05, 3.63) is 63.8 Å². The lowest BCUT2D eigenvalue weighted by atomic mass is 10.1. The number of para-hydroxylation sites is 1. The summed E-state index contributed by atoms with van der Waals surface area (Å²) < 4.78 is 28.2. The Balaban J connectivity index is 2.14. The van der Waals surface area contributed by atoms with Crippen molar-refractivity contribution in [2.45, 2.75) is 18.7 Å². The standard InChI is InChI=1S/C20H23N3O2S2/c1-14-10-11-16(27(24,25)22(3)4)12-17(14)19-13-26-20(23(19)5)21-18-9-7-6-8-15(18)2/h6-13H,1-5H3. The fourth-order valence-corrected chi connectivity index (χ4v) is 4.59. The highest BCUT2D eigenvalue weighted by molar-refractivity contribution is 7.89. The molecule has 0 N–H and O–H groups in total. The molecule has 1 aromatic heterocycles. The van der Waals surface area contributed by atoms with Crippen LogP contribution in [0, 0.1) is 13.8 Å². The Labute approximate surface area is 164 Å². The van der Waals surface area contributed by atoms with E-state index in [1.165, 1.54) is 15.6 Å². The number of thiazole rings is 1. The summed E-state index contributed by atoms with van der Waals surface area (Å²) in [4.78, 5) is 5.92. The van der Waals surface area contributed by atoms with Gasteiger partial charge in [-0.1, -0.05) is 24.3 Å². The summed E-state index contributed by atoms with van der Waals surface area (Å²) in [5.74, 6) is 0. The van der Waals surface area contributed by atoms with Gasteiger partial charge >= 0.3 is 0 Å². The number of rotatable bonds is 4. The Bertz CT molecular complexity index is 1160. The van der Waals surface area contributed by atoms with Crippen LogP contribution in [0.2, 0.25) is 0 Å². The Hall–Kier alpha value is -2.22. The maximum atomic E-state index is 12.5. The van der Waals surface area contributed by atoms with Crippen LogP contribution in [-0.4, -0.2) is 31.4 Å². The third kappa shape index (κ3) is 3.76. The molecule has 7 heteroatoms. The van der Waals surface area contributed by atoms with Gasteiger partial charge in [-0.05, 0) is 43.2 Å². The average Bonchev–Trinajstić information content (AvgIpc) is 2.97. The van der Waals surface area contributed by atoms with Gasteiger partial charge in [0.05, 0.1) is 16.3 Å². The van der Waals surface area contributed by atoms with E-state index in [9.17, 15) is 8.42 Å². The molecule has 0 spiro atoms.